The molecule has 5 rings (SSSR count). The highest BCUT2D eigenvalue weighted by atomic mass is 16.5. The first-order valence-corrected chi connectivity index (χ1v) is 9.10. The second kappa shape index (κ2) is 5.85. The standard InChI is InChI=1S/C24H19NO2/c26-16-23-17-27-22-13-7-5-11-20(22)24(23,15-14-18-8-2-1-3-9-18)25-21-12-6-4-10-19(21)23/h1-16,25H,17H2/b15-14+/t23-,24-/m0/s1. The summed E-state index contributed by atoms with van der Waals surface area (Å²) in [5.41, 5.74) is 2.52. The fourth-order valence-corrected chi connectivity index (χ4v) is 4.38. The Morgan fingerprint density at radius 3 is 2.37 bits per heavy atom. The van der Waals surface area contributed by atoms with Crippen LogP contribution in [0.3, 0.4) is 0 Å². The summed E-state index contributed by atoms with van der Waals surface area (Å²) in [5.74, 6) is 0.813. The number of anilines is 1. The smallest absolute Gasteiger partial charge is 0.137 e. The lowest BCUT2D eigenvalue weighted by Crippen LogP contribution is -2.56. The first kappa shape index (κ1) is 15.9. The van der Waals surface area contributed by atoms with E-state index in [-0.39, 0.29) is 0 Å². The summed E-state index contributed by atoms with van der Waals surface area (Å²) < 4.78 is 6.06. The molecule has 0 saturated carbocycles. The van der Waals surface area contributed by atoms with Crippen molar-refractivity contribution < 1.29 is 9.53 Å². The summed E-state index contributed by atoms with van der Waals surface area (Å²) in [4.78, 5) is 12.6. The molecule has 0 fully saturated rings. The Kier molecular flexibility index (Phi) is 3.44. The third kappa shape index (κ3) is 2.12. The molecule has 2 aliphatic rings. The molecule has 0 spiro atoms. The predicted molar refractivity (Wildman–Crippen MR) is 107 cm³/mol. The van der Waals surface area contributed by atoms with E-state index >= 15 is 0 Å². The molecule has 0 saturated heterocycles. The van der Waals surface area contributed by atoms with Crippen molar-refractivity contribution in [1.29, 1.82) is 0 Å². The summed E-state index contributed by atoms with van der Waals surface area (Å²) in [6.07, 6.45) is 5.26. The Labute approximate surface area is 158 Å². The lowest BCUT2D eigenvalue weighted by Gasteiger charge is -2.45. The minimum absolute atomic E-state index is 0.302. The van der Waals surface area contributed by atoms with Crippen molar-refractivity contribution in [3.05, 3.63) is 102 Å². The van der Waals surface area contributed by atoms with Crippen molar-refractivity contribution in [2.45, 2.75) is 11.0 Å². The molecular formula is C24H19NO2. The topological polar surface area (TPSA) is 38.3 Å². The molecular weight excluding hydrogens is 334 g/mol. The van der Waals surface area contributed by atoms with Crippen LogP contribution in [0.2, 0.25) is 0 Å². The third-order valence-electron chi connectivity index (χ3n) is 5.74. The van der Waals surface area contributed by atoms with Crippen LogP contribution in [0.4, 0.5) is 5.69 Å². The Morgan fingerprint density at radius 2 is 1.56 bits per heavy atom. The van der Waals surface area contributed by atoms with E-state index in [1.807, 2.05) is 66.7 Å². The number of rotatable bonds is 3. The van der Waals surface area contributed by atoms with Gasteiger partial charge in [-0.25, -0.2) is 0 Å². The number of aldehydes is 1. The average molecular weight is 353 g/mol. The number of carbonyl (C=O) groups is 1. The van der Waals surface area contributed by atoms with Gasteiger partial charge in [0, 0.05) is 11.3 Å². The van der Waals surface area contributed by atoms with Crippen molar-refractivity contribution in [1.82, 2.24) is 0 Å². The highest BCUT2D eigenvalue weighted by Gasteiger charge is 2.61. The van der Waals surface area contributed by atoms with Crippen LogP contribution in [0.5, 0.6) is 5.75 Å². The Balaban J connectivity index is 1.77. The van der Waals surface area contributed by atoms with Gasteiger partial charge in [-0.2, -0.15) is 0 Å². The quantitative estimate of drug-likeness (QED) is 0.702. The molecule has 0 aliphatic carbocycles. The number of nitrogens with one attached hydrogen (secondary N) is 1. The molecule has 1 N–H and O–H groups in total. The molecule has 0 bridgehead atoms. The van der Waals surface area contributed by atoms with E-state index in [0.29, 0.717) is 6.61 Å². The Bertz CT molecular complexity index is 1040. The Morgan fingerprint density at radius 1 is 0.852 bits per heavy atom. The van der Waals surface area contributed by atoms with Crippen LogP contribution in [0, 0.1) is 0 Å². The number of ether oxygens (including phenoxy) is 1. The molecule has 3 heteroatoms. The van der Waals surface area contributed by atoms with Gasteiger partial charge in [-0.3, -0.25) is 0 Å². The van der Waals surface area contributed by atoms with Crippen LogP contribution in [0.15, 0.2) is 84.9 Å². The highest BCUT2D eigenvalue weighted by Crippen LogP contribution is 2.57. The minimum atomic E-state index is -0.816. The van der Waals surface area contributed by atoms with Gasteiger partial charge in [0.1, 0.15) is 29.6 Å². The first-order chi connectivity index (χ1) is 13.3. The van der Waals surface area contributed by atoms with Crippen molar-refractivity contribution >= 4 is 18.0 Å². The van der Waals surface area contributed by atoms with Gasteiger partial charge in [-0.05, 0) is 23.3 Å². The molecule has 0 unspecified atom stereocenters. The van der Waals surface area contributed by atoms with Gasteiger partial charge < -0.3 is 14.8 Å². The van der Waals surface area contributed by atoms with Gasteiger partial charge in [-0.15, -0.1) is 0 Å². The zero-order valence-corrected chi connectivity index (χ0v) is 14.8. The van der Waals surface area contributed by atoms with E-state index in [4.69, 9.17) is 4.74 Å². The van der Waals surface area contributed by atoms with Crippen LogP contribution in [0.25, 0.3) is 6.08 Å². The summed E-state index contributed by atoms with van der Waals surface area (Å²) in [6.45, 7) is 0.302. The normalized spacial score (nSPS) is 25.0. The second-order valence-corrected chi connectivity index (χ2v) is 7.10. The second-order valence-electron chi connectivity index (χ2n) is 7.10. The third-order valence-corrected chi connectivity index (χ3v) is 5.74. The van der Waals surface area contributed by atoms with Crippen LogP contribution < -0.4 is 10.1 Å². The molecule has 27 heavy (non-hydrogen) atoms. The van der Waals surface area contributed by atoms with Crippen molar-refractivity contribution in [3.8, 4) is 5.75 Å². The number of para-hydroxylation sites is 2. The molecule has 3 nitrogen and oxygen atoms in total. The fraction of sp³-hybridized carbons (Fsp3) is 0.125. The maximum Gasteiger partial charge on any atom is 0.137 e. The number of benzene rings is 3. The minimum Gasteiger partial charge on any atom is -0.492 e. The zero-order chi connectivity index (χ0) is 18.3. The van der Waals surface area contributed by atoms with Gasteiger partial charge in [-0.1, -0.05) is 78.9 Å². The van der Waals surface area contributed by atoms with Gasteiger partial charge >= 0.3 is 0 Å². The molecule has 0 amide bonds. The number of hydrogen-bond acceptors (Lipinski definition) is 3. The van der Waals surface area contributed by atoms with E-state index in [1.165, 1.54) is 0 Å². The van der Waals surface area contributed by atoms with E-state index in [2.05, 4.69) is 29.6 Å². The van der Waals surface area contributed by atoms with Gasteiger partial charge in [0.15, 0.2) is 0 Å². The maximum atomic E-state index is 12.6. The number of carbonyl (C=O) groups excluding carboxylic acids is 1. The maximum absolute atomic E-state index is 12.6. The van der Waals surface area contributed by atoms with Crippen LogP contribution in [0.1, 0.15) is 16.7 Å². The summed E-state index contributed by atoms with van der Waals surface area (Å²) in [6, 6.07) is 26.1. The van der Waals surface area contributed by atoms with Gasteiger partial charge in [0.05, 0.1) is 0 Å². The summed E-state index contributed by atoms with van der Waals surface area (Å²) in [5, 5.41) is 3.67. The lowest BCUT2D eigenvalue weighted by atomic mass is 9.64. The van der Waals surface area contributed by atoms with Crippen molar-refractivity contribution in [3.63, 3.8) is 0 Å². The Hall–Kier alpha value is -3.33. The molecule has 0 radical (unpaired) electrons. The van der Waals surface area contributed by atoms with Crippen molar-refractivity contribution in [2.75, 3.05) is 11.9 Å². The zero-order valence-electron chi connectivity index (χ0n) is 14.8. The van der Waals surface area contributed by atoms with Crippen LogP contribution in [-0.4, -0.2) is 12.9 Å². The van der Waals surface area contributed by atoms with Crippen LogP contribution in [-0.2, 0) is 15.7 Å². The number of hydrogen-bond donors (Lipinski definition) is 1. The highest BCUT2D eigenvalue weighted by molar-refractivity contribution is 5.86. The van der Waals surface area contributed by atoms with Gasteiger partial charge in [0.2, 0.25) is 0 Å². The first-order valence-electron chi connectivity index (χ1n) is 9.10. The van der Waals surface area contributed by atoms with E-state index in [1.54, 1.807) is 0 Å². The summed E-state index contributed by atoms with van der Waals surface area (Å²) in [7, 11) is 0. The molecule has 3 aromatic rings. The molecule has 2 heterocycles. The van der Waals surface area contributed by atoms with Crippen LogP contribution >= 0.6 is 0 Å². The molecule has 3 aromatic carbocycles. The fourth-order valence-electron chi connectivity index (χ4n) is 4.38. The van der Waals surface area contributed by atoms with E-state index < -0.39 is 11.0 Å². The van der Waals surface area contributed by atoms with Gasteiger partial charge in [0.25, 0.3) is 0 Å². The molecule has 2 aliphatic heterocycles. The number of fused-ring (bicyclic) bond motifs is 5. The largest absolute Gasteiger partial charge is 0.492 e. The average Bonchev–Trinajstić information content (AvgIpc) is 3.04. The van der Waals surface area contributed by atoms with E-state index in [0.717, 1.165) is 34.4 Å². The molecule has 132 valence electrons. The SMILES string of the molecule is O=C[C@@]12COc3ccccc3[C@]1(/C=C/c1ccccc1)Nc1ccccc12. The monoisotopic (exact) mass is 353 g/mol. The van der Waals surface area contributed by atoms with E-state index in [9.17, 15) is 4.79 Å². The molecule has 0 aromatic heterocycles. The lowest BCUT2D eigenvalue weighted by molar-refractivity contribution is -0.115. The predicted octanol–water partition coefficient (Wildman–Crippen LogP) is 4.55. The molecule has 2 atom stereocenters. The summed E-state index contributed by atoms with van der Waals surface area (Å²) >= 11 is 0. The van der Waals surface area contributed by atoms with Crippen molar-refractivity contribution in [2.24, 2.45) is 0 Å².